The van der Waals surface area contributed by atoms with E-state index < -0.39 is 0 Å². The van der Waals surface area contributed by atoms with Gasteiger partial charge < -0.3 is 18.8 Å². The fourth-order valence-corrected chi connectivity index (χ4v) is 3.86. The van der Waals surface area contributed by atoms with Crippen molar-refractivity contribution in [1.82, 2.24) is 9.88 Å². The Morgan fingerprint density at radius 3 is 2.88 bits per heavy atom. The first-order valence-corrected chi connectivity index (χ1v) is 9.14. The van der Waals surface area contributed by atoms with Crippen molar-refractivity contribution >= 4 is 5.91 Å². The van der Waals surface area contributed by atoms with Crippen LogP contribution in [0, 0.1) is 12.3 Å². The van der Waals surface area contributed by atoms with Crippen LogP contribution in [0.1, 0.15) is 35.6 Å². The average molecular weight is 356 g/mol. The molecule has 1 spiro atoms. The van der Waals surface area contributed by atoms with Gasteiger partial charge in [-0.2, -0.15) is 0 Å². The maximum atomic E-state index is 12.5. The SMILES string of the molecule is Cc1ccc(C(=O)N2CCC3(CC2)CO[C@H](COc2cccnc2)C3)o1. The lowest BCUT2D eigenvalue weighted by molar-refractivity contribution is 0.0413. The van der Waals surface area contributed by atoms with Gasteiger partial charge in [-0.25, -0.2) is 0 Å². The molecule has 0 N–H and O–H groups in total. The molecule has 0 unspecified atom stereocenters. The predicted octanol–water partition coefficient (Wildman–Crippen LogP) is 3.07. The smallest absolute Gasteiger partial charge is 0.289 e. The van der Waals surface area contributed by atoms with Crippen molar-refractivity contribution in [3.8, 4) is 5.75 Å². The first kappa shape index (κ1) is 17.1. The third kappa shape index (κ3) is 3.60. The highest BCUT2D eigenvalue weighted by Crippen LogP contribution is 2.42. The maximum Gasteiger partial charge on any atom is 0.289 e. The number of aryl methyl sites for hydroxylation is 1. The summed E-state index contributed by atoms with van der Waals surface area (Å²) in [6.07, 6.45) is 6.45. The van der Waals surface area contributed by atoms with Crippen molar-refractivity contribution in [3.63, 3.8) is 0 Å². The van der Waals surface area contributed by atoms with Gasteiger partial charge >= 0.3 is 0 Å². The predicted molar refractivity (Wildman–Crippen MR) is 95.1 cm³/mol. The number of hydrogen-bond acceptors (Lipinski definition) is 5. The second kappa shape index (κ2) is 7.11. The summed E-state index contributed by atoms with van der Waals surface area (Å²) in [6.45, 7) is 4.64. The topological polar surface area (TPSA) is 64.8 Å². The Morgan fingerprint density at radius 2 is 2.19 bits per heavy atom. The largest absolute Gasteiger partial charge is 0.489 e. The average Bonchev–Trinajstić information content (AvgIpc) is 3.28. The van der Waals surface area contributed by atoms with Gasteiger partial charge in [0.1, 0.15) is 18.1 Å². The Balaban J connectivity index is 1.28. The van der Waals surface area contributed by atoms with Crippen LogP contribution >= 0.6 is 0 Å². The molecule has 2 aromatic heterocycles. The minimum absolute atomic E-state index is 0.0108. The van der Waals surface area contributed by atoms with Crippen molar-refractivity contribution in [1.29, 1.82) is 0 Å². The third-order valence-corrected chi connectivity index (χ3v) is 5.42. The summed E-state index contributed by atoms with van der Waals surface area (Å²) in [7, 11) is 0. The number of likely N-dealkylation sites (tertiary alicyclic amines) is 1. The van der Waals surface area contributed by atoms with E-state index in [0.717, 1.165) is 50.5 Å². The molecule has 0 aromatic carbocycles. The fraction of sp³-hybridized carbons (Fsp3) is 0.500. The van der Waals surface area contributed by atoms with Gasteiger partial charge in [0, 0.05) is 19.3 Å². The minimum atomic E-state index is -0.0108. The summed E-state index contributed by atoms with van der Waals surface area (Å²) in [5.74, 6) is 1.96. The van der Waals surface area contributed by atoms with Crippen LogP contribution in [-0.4, -0.2) is 48.2 Å². The van der Waals surface area contributed by atoms with E-state index >= 15 is 0 Å². The molecule has 6 heteroatoms. The van der Waals surface area contributed by atoms with Crippen molar-refractivity contribution in [2.45, 2.75) is 32.3 Å². The maximum absolute atomic E-state index is 12.5. The Labute approximate surface area is 153 Å². The molecule has 4 rings (SSSR count). The molecule has 2 aliphatic rings. The highest BCUT2D eigenvalue weighted by molar-refractivity contribution is 5.91. The zero-order valence-corrected chi connectivity index (χ0v) is 15.0. The first-order chi connectivity index (χ1) is 12.6. The summed E-state index contributed by atoms with van der Waals surface area (Å²) < 4.78 is 17.2. The van der Waals surface area contributed by atoms with Crippen molar-refractivity contribution in [2.24, 2.45) is 5.41 Å². The van der Waals surface area contributed by atoms with Gasteiger partial charge in [-0.05, 0) is 55.9 Å². The van der Waals surface area contributed by atoms with Crippen LogP contribution in [0.15, 0.2) is 41.1 Å². The molecular formula is C20H24N2O4. The Hall–Kier alpha value is -2.34. The van der Waals surface area contributed by atoms with Crippen molar-refractivity contribution in [3.05, 3.63) is 48.2 Å². The lowest BCUT2D eigenvalue weighted by atomic mass is 9.76. The van der Waals surface area contributed by atoms with Gasteiger partial charge in [0.2, 0.25) is 0 Å². The van der Waals surface area contributed by atoms with Crippen molar-refractivity contribution < 1.29 is 18.7 Å². The number of nitrogens with zero attached hydrogens (tertiary/aromatic N) is 2. The van der Waals surface area contributed by atoms with E-state index in [1.54, 1.807) is 18.5 Å². The number of carbonyl (C=O) groups is 1. The van der Waals surface area contributed by atoms with E-state index in [-0.39, 0.29) is 17.4 Å². The molecule has 0 radical (unpaired) electrons. The van der Waals surface area contributed by atoms with Gasteiger partial charge in [-0.3, -0.25) is 9.78 Å². The van der Waals surface area contributed by atoms with Crippen LogP contribution in [-0.2, 0) is 4.74 Å². The van der Waals surface area contributed by atoms with Crippen LogP contribution in [0.3, 0.4) is 0 Å². The Morgan fingerprint density at radius 1 is 1.35 bits per heavy atom. The molecule has 138 valence electrons. The van der Waals surface area contributed by atoms with E-state index in [2.05, 4.69) is 4.98 Å². The Kier molecular flexibility index (Phi) is 4.68. The third-order valence-electron chi connectivity index (χ3n) is 5.42. The minimum Gasteiger partial charge on any atom is -0.489 e. The summed E-state index contributed by atoms with van der Waals surface area (Å²) in [5, 5.41) is 0. The molecule has 1 atom stereocenters. The number of ether oxygens (including phenoxy) is 2. The van der Waals surface area contributed by atoms with E-state index in [1.807, 2.05) is 30.0 Å². The van der Waals surface area contributed by atoms with Crippen molar-refractivity contribution in [2.75, 3.05) is 26.3 Å². The molecule has 2 aromatic rings. The van der Waals surface area contributed by atoms with Gasteiger partial charge in [0.05, 0.1) is 18.9 Å². The Bertz CT molecular complexity index is 750. The first-order valence-electron chi connectivity index (χ1n) is 9.14. The summed E-state index contributed by atoms with van der Waals surface area (Å²) in [6, 6.07) is 7.35. The highest BCUT2D eigenvalue weighted by atomic mass is 16.5. The summed E-state index contributed by atoms with van der Waals surface area (Å²) in [4.78, 5) is 18.5. The van der Waals surface area contributed by atoms with Gasteiger partial charge in [-0.15, -0.1) is 0 Å². The molecule has 26 heavy (non-hydrogen) atoms. The number of amides is 1. The van der Waals surface area contributed by atoms with Gasteiger partial charge in [-0.1, -0.05) is 0 Å². The number of pyridine rings is 1. The van der Waals surface area contributed by atoms with Gasteiger partial charge in [0.15, 0.2) is 5.76 Å². The van der Waals surface area contributed by atoms with E-state index in [4.69, 9.17) is 13.9 Å². The molecule has 0 aliphatic carbocycles. The molecule has 6 nitrogen and oxygen atoms in total. The molecule has 2 aliphatic heterocycles. The lowest BCUT2D eigenvalue weighted by Crippen LogP contribution is -2.43. The number of furan rings is 1. The number of aromatic nitrogens is 1. The zero-order chi connectivity index (χ0) is 18.0. The summed E-state index contributed by atoms with van der Waals surface area (Å²) >= 11 is 0. The molecular weight excluding hydrogens is 332 g/mol. The molecule has 0 saturated carbocycles. The van der Waals surface area contributed by atoms with Crippen LogP contribution in [0.5, 0.6) is 5.75 Å². The molecule has 1 amide bonds. The number of rotatable bonds is 4. The molecule has 4 heterocycles. The summed E-state index contributed by atoms with van der Waals surface area (Å²) in [5.41, 5.74) is 0.166. The van der Waals surface area contributed by atoms with E-state index in [9.17, 15) is 4.79 Å². The van der Waals surface area contributed by atoms with Crippen LogP contribution < -0.4 is 4.74 Å². The highest BCUT2D eigenvalue weighted by Gasteiger charge is 2.43. The zero-order valence-electron chi connectivity index (χ0n) is 15.0. The van der Waals surface area contributed by atoms with E-state index in [0.29, 0.717) is 12.4 Å². The lowest BCUT2D eigenvalue weighted by Gasteiger charge is -2.38. The molecule has 2 fully saturated rings. The second-order valence-corrected chi connectivity index (χ2v) is 7.34. The number of carbonyl (C=O) groups excluding carboxylic acids is 1. The van der Waals surface area contributed by atoms with Crippen LogP contribution in [0.2, 0.25) is 0 Å². The number of hydrogen-bond donors (Lipinski definition) is 0. The normalized spacial score (nSPS) is 21.9. The van der Waals surface area contributed by atoms with Crippen LogP contribution in [0.4, 0.5) is 0 Å². The monoisotopic (exact) mass is 356 g/mol. The standard InChI is InChI=1S/C20H24N2O4/c1-15-4-5-18(26-15)19(23)22-9-6-20(7-10-22)11-17(25-14-20)13-24-16-3-2-8-21-12-16/h2-5,8,12,17H,6-7,9-11,13-14H2,1H3/t17-/m0/s1. The second-order valence-electron chi connectivity index (χ2n) is 7.34. The van der Waals surface area contributed by atoms with Gasteiger partial charge in [0.25, 0.3) is 5.91 Å². The molecule has 2 saturated heterocycles. The van der Waals surface area contributed by atoms with Crippen LogP contribution in [0.25, 0.3) is 0 Å². The fourth-order valence-electron chi connectivity index (χ4n) is 3.86. The quantitative estimate of drug-likeness (QED) is 0.842. The van der Waals surface area contributed by atoms with E-state index in [1.165, 1.54) is 0 Å². The molecule has 0 bridgehead atoms. The number of piperidine rings is 1.